The van der Waals surface area contributed by atoms with E-state index < -0.39 is 9.05 Å². The van der Waals surface area contributed by atoms with Crippen LogP contribution in [0.4, 0.5) is 4.70 Å². The fourth-order valence-corrected chi connectivity index (χ4v) is 0. The first-order valence-electron chi connectivity index (χ1n) is 0.894. The van der Waals surface area contributed by atoms with Gasteiger partial charge in [0.15, 0.2) is 0 Å². The Hall–Kier alpha value is 2.09. The maximum Gasteiger partial charge on any atom is 1.00 e. The first-order valence-corrected chi connectivity index (χ1v) is 2.68. The van der Waals surface area contributed by atoms with Crippen molar-refractivity contribution in [3.63, 3.8) is 0 Å². The molecule has 0 amide bonds. The quantitative estimate of drug-likeness (QED) is 0.313. The second-order valence-electron chi connectivity index (χ2n) is 0.600. The summed E-state index contributed by atoms with van der Waals surface area (Å²) in [5, 5.41) is 0. The van der Waals surface area contributed by atoms with E-state index in [0.29, 0.717) is 0 Å². The van der Waals surface area contributed by atoms with Crippen molar-refractivity contribution in [2.75, 3.05) is 0 Å². The van der Waals surface area contributed by atoms with Crippen LogP contribution in [0.1, 0.15) is 1.43 Å². The molecule has 4 N–H and O–H groups in total. The van der Waals surface area contributed by atoms with Crippen LogP contribution in [0, 0.1) is 0 Å². The van der Waals surface area contributed by atoms with E-state index in [-0.39, 0.29) is 68.4 Å². The van der Waals surface area contributed by atoms with Gasteiger partial charge < -0.3 is 20.6 Å². The summed E-state index contributed by atoms with van der Waals surface area (Å²) in [4.78, 5) is 29.3. The van der Waals surface area contributed by atoms with E-state index in [9.17, 15) is 0 Å². The molecular formula is H6FNaO4SiY. The number of hydrogen-bond donors (Lipinski definition) is 4. The van der Waals surface area contributed by atoms with E-state index in [0.717, 1.165) is 0 Å². The third-order valence-electron chi connectivity index (χ3n) is 0. The number of hydrogen-bond acceptors (Lipinski definition) is 4. The minimum atomic E-state index is -4.61. The molecule has 8 heteroatoms. The normalized spacial score (nSPS) is 7.50. The van der Waals surface area contributed by atoms with E-state index in [1.807, 2.05) is 0 Å². The maximum atomic E-state index is 7.33. The Morgan fingerprint density at radius 2 is 1.00 bits per heavy atom. The van der Waals surface area contributed by atoms with Crippen molar-refractivity contribution in [1.29, 1.82) is 0 Å². The van der Waals surface area contributed by atoms with Gasteiger partial charge in [-0.05, 0) is 0 Å². The Morgan fingerprint density at radius 3 is 1.00 bits per heavy atom. The summed E-state index contributed by atoms with van der Waals surface area (Å²) in [6.45, 7) is 0. The molecule has 0 fully saturated rings. The summed E-state index contributed by atoms with van der Waals surface area (Å²) < 4.78 is 0. The Bertz CT molecular complexity index is 36.0. The van der Waals surface area contributed by atoms with Gasteiger partial charge in [-0.25, -0.2) is 0 Å². The van der Waals surface area contributed by atoms with Gasteiger partial charge in [-0.2, -0.15) is 0 Å². The SMILES string of the molecule is F.O[Si](O)(O)O.[H-].[Na+].[Y]. The largest absolute Gasteiger partial charge is 1.00 e. The molecule has 0 atom stereocenters. The van der Waals surface area contributed by atoms with Crippen LogP contribution in [0.3, 0.4) is 0 Å². The fourth-order valence-electron chi connectivity index (χ4n) is 0. The third-order valence-corrected chi connectivity index (χ3v) is 0. The summed E-state index contributed by atoms with van der Waals surface area (Å²) >= 11 is 0. The zero-order valence-corrected chi connectivity index (χ0v) is 10.1. The van der Waals surface area contributed by atoms with Gasteiger partial charge in [-0.3, -0.25) is 4.70 Å². The zero-order chi connectivity index (χ0) is 4.50. The van der Waals surface area contributed by atoms with Crippen molar-refractivity contribution in [1.82, 2.24) is 0 Å². The van der Waals surface area contributed by atoms with E-state index in [4.69, 9.17) is 19.2 Å². The van der Waals surface area contributed by atoms with Gasteiger partial charge >= 0.3 is 38.6 Å². The molecule has 0 spiro atoms. The van der Waals surface area contributed by atoms with Gasteiger partial charge in [0.05, 0.1) is 0 Å². The Morgan fingerprint density at radius 1 is 1.00 bits per heavy atom. The molecule has 0 aliphatic rings. The molecule has 0 unspecified atom stereocenters. The summed E-state index contributed by atoms with van der Waals surface area (Å²) in [6.07, 6.45) is 0. The summed E-state index contributed by atoms with van der Waals surface area (Å²) in [5.74, 6) is 0. The minimum Gasteiger partial charge on any atom is -1.00 e. The Balaban J connectivity index is -0.0000000133. The van der Waals surface area contributed by atoms with Crippen LogP contribution < -0.4 is 29.6 Å². The molecule has 0 rings (SSSR count). The number of halogens is 1. The van der Waals surface area contributed by atoms with Crippen molar-refractivity contribution in [3.8, 4) is 0 Å². The molecule has 0 saturated heterocycles. The maximum absolute atomic E-state index is 7.33. The molecule has 0 aliphatic carbocycles. The van der Waals surface area contributed by atoms with Crippen LogP contribution in [0.15, 0.2) is 0 Å². The molecule has 1 radical (unpaired) electrons. The van der Waals surface area contributed by atoms with Crippen LogP contribution >= 0.6 is 0 Å². The average Bonchev–Trinajstić information content (AvgIpc) is 0.722. The van der Waals surface area contributed by atoms with E-state index in [2.05, 4.69) is 0 Å². The molecular weight excluding hydrogens is 223 g/mol. The molecule has 0 bridgehead atoms. The molecule has 0 heterocycles. The van der Waals surface area contributed by atoms with Crippen molar-refractivity contribution < 1.29 is 87.6 Å². The predicted octanol–water partition coefficient (Wildman–Crippen LogP) is -5.34. The summed E-state index contributed by atoms with van der Waals surface area (Å²) in [5.41, 5.74) is 0. The molecule has 0 aliphatic heterocycles. The fraction of sp³-hybridized carbons (Fsp3) is 0. The van der Waals surface area contributed by atoms with E-state index in [1.165, 1.54) is 0 Å². The monoisotopic (exact) mass is 229 g/mol. The van der Waals surface area contributed by atoms with Gasteiger partial charge in [-0.15, -0.1) is 0 Å². The Kier molecular flexibility index (Phi) is 25.5. The Labute approximate surface area is 95.4 Å². The van der Waals surface area contributed by atoms with Crippen molar-refractivity contribution in [2.24, 2.45) is 0 Å². The van der Waals surface area contributed by atoms with Crippen LogP contribution in [-0.2, 0) is 32.7 Å². The van der Waals surface area contributed by atoms with Gasteiger partial charge in [0.25, 0.3) is 0 Å². The predicted molar refractivity (Wildman–Crippen MR) is 18.2 cm³/mol. The standard InChI is InChI=1S/FH.Na.H4O4Si.Y.H/c;;1-5(2,3)4;;/h1H;;1-4H;;/q;+1;;;-1. The van der Waals surface area contributed by atoms with Crippen LogP contribution in [0.2, 0.25) is 0 Å². The topological polar surface area (TPSA) is 80.9 Å². The van der Waals surface area contributed by atoms with Crippen LogP contribution in [0.5, 0.6) is 0 Å². The first-order chi connectivity index (χ1) is 2.00. The van der Waals surface area contributed by atoms with Gasteiger partial charge in [-0.1, -0.05) is 0 Å². The van der Waals surface area contributed by atoms with Gasteiger partial charge in [0.1, 0.15) is 0 Å². The average molecular weight is 229 g/mol. The summed E-state index contributed by atoms with van der Waals surface area (Å²) in [7, 11) is -4.61. The van der Waals surface area contributed by atoms with Crippen molar-refractivity contribution in [2.45, 2.75) is 0 Å². The molecule has 0 aromatic rings. The molecule has 0 saturated carbocycles. The molecule has 45 valence electrons. The molecule has 0 aromatic carbocycles. The second kappa shape index (κ2) is 9.09. The third kappa shape index (κ3) is 93.1. The van der Waals surface area contributed by atoms with Crippen molar-refractivity contribution in [3.05, 3.63) is 0 Å². The van der Waals surface area contributed by atoms with Crippen LogP contribution in [-0.4, -0.2) is 28.2 Å². The zero-order valence-electron chi connectivity index (χ0n) is 5.27. The first kappa shape index (κ1) is 22.5. The van der Waals surface area contributed by atoms with Crippen molar-refractivity contribution >= 4 is 9.05 Å². The van der Waals surface area contributed by atoms with E-state index in [1.54, 1.807) is 0 Å². The van der Waals surface area contributed by atoms with Gasteiger partial charge in [0.2, 0.25) is 0 Å². The smallest absolute Gasteiger partial charge is 1.00 e. The molecule has 0 aromatic heterocycles. The minimum absolute atomic E-state index is 0. The van der Waals surface area contributed by atoms with Gasteiger partial charge in [0, 0.05) is 32.7 Å². The van der Waals surface area contributed by atoms with Crippen LogP contribution in [0.25, 0.3) is 0 Å². The second-order valence-corrected chi connectivity index (χ2v) is 1.80. The molecule has 8 heavy (non-hydrogen) atoms. The number of rotatable bonds is 0. The van der Waals surface area contributed by atoms with E-state index >= 15 is 0 Å². The molecule has 4 nitrogen and oxygen atoms in total. The summed E-state index contributed by atoms with van der Waals surface area (Å²) in [6, 6.07) is 0.